The third kappa shape index (κ3) is 2.14. The van der Waals surface area contributed by atoms with Crippen molar-refractivity contribution >= 4 is 11.6 Å². The molecule has 2 aromatic rings. The standard InChI is InChI=1S/C20H23NO/c1-15(22)21-18-13-9-8-12-17(18)20(4,14-19(21,2)3)16-10-6-5-7-11-16/h5-13H,14H2,1-4H3/t20-/m1/s1. The van der Waals surface area contributed by atoms with Crippen molar-refractivity contribution in [2.24, 2.45) is 0 Å². The van der Waals surface area contributed by atoms with Gasteiger partial charge in [0.05, 0.1) is 0 Å². The van der Waals surface area contributed by atoms with Crippen LogP contribution in [0, 0.1) is 0 Å². The fourth-order valence-corrected chi connectivity index (χ4v) is 4.16. The van der Waals surface area contributed by atoms with Gasteiger partial charge in [0.1, 0.15) is 0 Å². The zero-order valence-corrected chi connectivity index (χ0v) is 13.8. The molecule has 1 aliphatic rings. The number of hydrogen-bond donors (Lipinski definition) is 0. The van der Waals surface area contributed by atoms with Crippen LogP contribution >= 0.6 is 0 Å². The molecule has 0 spiro atoms. The predicted octanol–water partition coefficient (Wildman–Crippen LogP) is 4.53. The Morgan fingerprint density at radius 1 is 0.955 bits per heavy atom. The fraction of sp³-hybridized carbons (Fsp3) is 0.350. The highest BCUT2D eigenvalue weighted by Gasteiger charge is 2.46. The Hall–Kier alpha value is -2.09. The van der Waals surface area contributed by atoms with Crippen LogP contribution in [0.1, 0.15) is 45.2 Å². The number of rotatable bonds is 1. The largest absolute Gasteiger partial charge is 0.307 e. The van der Waals surface area contributed by atoms with E-state index >= 15 is 0 Å². The van der Waals surface area contributed by atoms with E-state index in [4.69, 9.17) is 0 Å². The molecule has 0 aromatic heterocycles. The highest BCUT2D eigenvalue weighted by molar-refractivity contribution is 5.95. The van der Waals surface area contributed by atoms with Crippen molar-refractivity contribution in [3.63, 3.8) is 0 Å². The number of benzene rings is 2. The van der Waals surface area contributed by atoms with Crippen molar-refractivity contribution < 1.29 is 4.79 Å². The van der Waals surface area contributed by atoms with Gasteiger partial charge < -0.3 is 4.90 Å². The summed E-state index contributed by atoms with van der Waals surface area (Å²) in [4.78, 5) is 14.2. The minimum Gasteiger partial charge on any atom is -0.307 e. The highest BCUT2D eigenvalue weighted by Crippen LogP contribution is 2.50. The van der Waals surface area contributed by atoms with Crippen molar-refractivity contribution in [1.29, 1.82) is 0 Å². The highest BCUT2D eigenvalue weighted by atomic mass is 16.2. The maximum absolute atomic E-state index is 12.3. The average Bonchev–Trinajstić information content (AvgIpc) is 2.47. The molecule has 1 atom stereocenters. The van der Waals surface area contributed by atoms with E-state index in [0.717, 1.165) is 12.1 Å². The number of carbonyl (C=O) groups is 1. The number of amides is 1. The molecule has 0 aliphatic carbocycles. The first-order valence-corrected chi connectivity index (χ1v) is 7.82. The number of anilines is 1. The smallest absolute Gasteiger partial charge is 0.224 e. The van der Waals surface area contributed by atoms with Gasteiger partial charge in [-0.3, -0.25) is 4.79 Å². The molecule has 0 bridgehead atoms. The lowest BCUT2D eigenvalue weighted by Gasteiger charge is -2.51. The van der Waals surface area contributed by atoms with Crippen LogP contribution in [0.2, 0.25) is 0 Å². The Bertz CT molecular complexity index is 705. The summed E-state index contributed by atoms with van der Waals surface area (Å²) in [5.74, 6) is 0.104. The molecule has 0 saturated carbocycles. The summed E-state index contributed by atoms with van der Waals surface area (Å²) in [5.41, 5.74) is 3.27. The fourth-order valence-electron chi connectivity index (χ4n) is 4.16. The molecule has 3 rings (SSSR count). The Balaban J connectivity index is 2.27. The van der Waals surface area contributed by atoms with E-state index < -0.39 is 0 Å². The molecule has 1 heterocycles. The summed E-state index contributed by atoms with van der Waals surface area (Å²) < 4.78 is 0. The van der Waals surface area contributed by atoms with Gasteiger partial charge in [0.2, 0.25) is 5.91 Å². The van der Waals surface area contributed by atoms with Gasteiger partial charge in [-0.15, -0.1) is 0 Å². The maximum atomic E-state index is 12.3. The van der Waals surface area contributed by atoms with Gasteiger partial charge >= 0.3 is 0 Å². The third-order valence-corrected chi connectivity index (χ3v) is 4.86. The summed E-state index contributed by atoms with van der Waals surface area (Å²) in [6.45, 7) is 8.27. The lowest BCUT2D eigenvalue weighted by molar-refractivity contribution is -0.117. The van der Waals surface area contributed by atoms with Gasteiger partial charge in [-0.1, -0.05) is 55.5 Å². The maximum Gasteiger partial charge on any atom is 0.224 e. The summed E-state index contributed by atoms with van der Waals surface area (Å²) in [7, 11) is 0. The molecule has 0 N–H and O–H groups in total. The summed E-state index contributed by atoms with van der Waals surface area (Å²) in [6.07, 6.45) is 0.903. The first-order valence-electron chi connectivity index (χ1n) is 7.82. The minimum atomic E-state index is -0.217. The van der Waals surface area contributed by atoms with Crippen molar-refractivity contribution in [1.82, 2.24) is 0 Å². The molecule has 0 radical (unpaired) electrons. The summed E-state index contributed by atoms with van der Waals surface area (Å²) in [5, 5.41) is 0. The number of fused-ring (bicyclic) bond motifs is 1. The second-order valence-corrected chi connectivity index (χ2v) is 7.06. The van der Waals surface area contributed by atoms with Gasteiger partial charge in [0.25, 0.3) is 0 Å². The number of nitrogens with zero attached hydrogens (tertiary/aromatic N) is 1. The van der Waals surface area contributed by atoms with Crippen LogP contribution in [-0.2, 0) is 10.2 Å². The summed E-state index contributed by atoms with van der Waals surface area (Å²) >= 11 is 0. The molecule has 0 saturated heterocycles. The van der Waals surface area contributed by atoms with Gasteiger partial charge in [0, 0.05) is 23.6 Å². The minimum absolute atomic E-state index is 0.0900. The molecule has 0 fully saturated rings. The van der Waals surface area contributed by atoms with Gasteiger partial charge in [-0.2, -0.15) is 0 Å². The lowest BCUT2D eigenvalue weighted by atomic mass is 9.65. The van der Waals surface area contributed by atoms with Crippen LogP contribution in [0.15, 0.2) is 54.6 Å². The number of para-hydroxylation sites is 1. The van der Waals surface area contributed by atoms with Crippen LogP contribution in [0.3, 0.4) is 0 Å². The first-order chi connectivity index (χ1) is 10.4. The van der Waals surface area contributed by atoms with E-state index in [9.17, 15) is 4.79 Å². The second kappa shape index (κ2) is 4.98. The van der Waals surface area contributed by atoms with Crippen molar-refractivity contribution in [2.45, 2.75) is 45.1 Å². The van der Waals surface area contributed by atoms with Crippen LogP contribution < -0.4 is 4.90 Å². The summed E-state index contributed by atoms with van der Waals surface area (Å²) in [6, 6.07) is 18.9. The van der Waals surface area contributed by atoms with E-state index in [1.165, 1.54) is 11.1 Å². The second-order valence-electron chi connectivity index (χ2n) is 7.06. The van der Waals surface area contributed by atoms with E-state index in [1.807, 2.05) is 11.0 Å². The predicted molar refractivity (Wildman–Crippen MR) is 91.2 cm³/mol. The molecular formula is C20H23NO. The molecule has 0 unspecified atom stereocenters. The van der Waals surface area contributed by atoms with Crippen molar-refractivity contribution in [3.8, 4) is 0 Å². The van der Waals surface area contributed by atoms with E-state index in [0.29, 0.717) is 0 Å². The third-order valence-electron chi connectivity index (χ3n) is 4.86. The Kier molecular flexibility index (Phi) is 3.36. The average molecular weight is 293 g/mol. The molecule has 1 amide bonds. The molecule has 2 heteroatoms. The molecule has 114 valence electrons. The number of carbonyl (C=O) groups excluding carboxylic acids is 1. The SMILES string of the molecule is CC(=O)N1c2ccccc2[C@@](C)(c2ccccc2)CC1(C)C. The molecular weight excluding hydrogens is 270 g/mol. The molecule has 2 aromatic carbocycles. The van der Waals surface area contributed by atoms with E-state index in [2.05, 4.69) is 69.3 Å². The van der Waals surface area contributed by atoms with Crippen LogP contribution in [0.4, 0.5) is 5.69 Å². The Morgan fingerprint density at radius 3 is 2.18 bits per heavy atom. The zero-order chi connectivity index (χ0) is 16.0. The van der Waals surface area contributed by atoms with Crippen LogP contribution in [0.25, 0.3) is 0 Å². The quantitative estimate of drug-likeness (QED) is 0.756. The van der Waals surface area contributed by atoms with Gasteiger partial charge in [0.15, 0.2) is 0 Å². The van der Waals surface area contributed by atoms with Crippen molar-refractivity contribution in [2.75, 3.05) is 4.90 Å². The van der Waals surface area contributed by atoms with Gasteiger partial charge in [-0.25, -0.2) is 0 Å². The van der Waals surface area contributed by atoms with E-state index in [1.54, 1.807) is 6.92 Å². The molecule has 22 heavy (non-hydrogen) atoms. The monoisotopic (exact) mass is 293 g/mol. The van der Waals surface area contributed by atoms with Gasteiger partial charge in [-0.05, 0) is 37.5 Å². The van der Waals surface area contributed by atoms with Crippen LogP contribution in [0.5, 0.6) is 0 Å². The molecule has 1 aliphatic heterocycles. The normalized spacial score (nSPS) is 23.0. The number of hydrogen-bond acceptors (Lipinski definition) is 1. The zero-order valence-electron chi connectivity index (χ0n) is 13.8. The molecule has 2 nitrogen and oxygen atoms in total. The first kappa shape index (κ1) is 14.8. The topological polar surface area (TPSA) is 20.3 Å². The Labute approximate surface area is 132 Å². The van der Waals surface area contributed by atoms with Crippen molar-refractivity contribution in [3.05, 3.63) is 65.7 Å². The lowest BCUT2D eigenvalue weighted by Crippen LogP contribution is -2.55. The van der Waals surface area contributed by atoms with Crippen LogP contribution in [-0.4, -0.2) is 11.4 Å². The van der Waals surface area contributed by atoms with E-state index in [-0.39, 0.29) is 16.9 Å². The Morgan fingerprint density at radius 2 is 1.55 bits per heavy atom.